The van der Waals surface area contributed by atoms with Crippen LogP contribution in [-0.2, 0) is 0 Å². The lowest BCUT2D eigenvalue weighted by molar-refractivity contribution is 0.0938. The molecule has 1 aromatic carbocycles. The quantitative estimate of drug-likeness (QED) is 0.847. The first-order chi connectivity index (χ1) is 7.49. The second-order valence-electron chi connectivity index (χ2n) is 3.90. The highest BCUT2D eigenvalue weighted by molar-refractivity contribution is 9.09. The molecule has 0 aliphatic carbocycles. The first kappa shape index (κ1) is 13.2. The monoisotopic (exact) mass is 287 g/mol. The average Bonchev–Trinajstić information content (AvgIpc) is 2.16. The third-order valence-electron chi connectivity index (χ3n) is 2.14. The van der Waals surface area contributed by atoms with Gasteiger partial charge < -0.3 is 5.32 Å². The number of rotatable bonds is 4. The molecule has 16 heavy (non-hydrogen) atoms. The first-order valence-corrected chi connectivity index (χ1v) is 6.11. The summed E-state index contributed by atoms with van der Waals surface area (Å²) in [6, 6.07) is 5.75. The number of nitrogens with one attached hydrogen (secondary N) is 1. The molecule has 1 rings (SSSR count). The number of halogens is 2. The van der Waals surface area contributed by atoms with Crippen LogP contribution in [0.4, 0.5) is 4.39 Å². The van der Waals surface area contributed by atoms with E-state index in [1.54, 1.807) is 6.07 Å². The highest BCUT2D eigenvalue weighted by Crippen LogP contribution is 2.08. The van der Waals surface area contributed by atoms with Crippen LogP contribution in [0.15, 0.2) is 24.3 Å². The lowest BCUT2D eigenvalue weighted by Crippen LogP contribution is -2.33. The molecule has 2 atom stereocenters. The first-order valence-electron chi connectivity index (χ1n) is 5.19. The molecule has 0 bridgehead atoms. The third kappa shape index (κ3) is 4.31. The normalized spacial score (nSPS) is 14.2. The maximum absolute atomic E-state index is 12.9. The third-order valence-corrected chi connectivity index (χ3v) is 2.52. The Labute approximate surface area is 103 Å². The summed E-state index contributed by atoms with van der Waals surface area (Å²) in [5.41, 5.74) is 0.356. The Morgan fingerprint density at radius 1 is 1.50 bits per heavy atom. The summed E-state index contributed by atoms with van der Waals surface area (Å²) in [6.07, 6.45) is 0.834. The van der Waals surface area contributed by atoms with Crippen molar-refractivity contribution in [3.05, 3.63) is 35.6 Å². The van der Waals surface area contributed by atoms with Crippen molar-refractivity contribution in [3.8, 4) is 0 Å². The Bertz CT molecular complexity index is 368. The summed E-state index contributed by atoms with van der Waals surface area (Å²) in [4.78, 5) is 12.0. The molecule has 2 unspecified atom stereocenters. The Balaban J connectivity index is 2.59. The van der Waals surface area contributed by atoms with Crippen LogP contribution in [0.3, 0.4) is 0 Å². The van der Waals surface area contributed by atoms with E-state index in [4.69, 9.17) is 0 Å². The molecule has 1 amide bonds. The van der Waals surface area contributed by atoms with E-state index in [0.717, 1.165) is 6.42 Å². The maximum atomic E-state index is 12.9. The Hall–Kier alpha value is -0.900. The largest absolute Gasteiger partial charge is 0.350 e. The van der Waals surface area contributed by atoms with Gasteiger partial charge in [0.1, 0.15) is 5.82 Å². The maximum Gasteiger partial charge on any atom is 0.251 e. The molecule has 0 radical (unpaired) electrons. The number of hydrogen-bond donors (Lipinski definition) is 1. The van der Waals surface area contributed by atoms with Crippen LogP contribution in [0.1, 0.15) is 30.6 Å². The van der Waals surface area contributed by atoms with Crippen molar-refractivity contribution in [1.29, 1.82) is 0 Å². The Morgan fingerprint density at radius 3 is 2.75 bits per heavy atom. The molecule has 0 saturated heterocycles. The molecule has 88 valence electrons. The van der Waals surface area contributed by atoms with Crippen molar-refractivity contribution >= 4 is 21.8 Å². The van der Waals surface area contributed by atoms with E-state index < -0.39 is 5.82 Å². The van der Waals surface area contributed by atoms with E-state index in [2.05, 4.69) is 21.2 Å². The van der Waals surface area contributed by atoms with Crippen LogP contribution in [0, 0.1) is 5.82 Å². The van der Waals surface area contributed by atoms with Gasteiger partial charge in [0.15, 0.2) is 0 Å². The lowest BCUT2D eigenvalue weighted by atomic mass is 10.1. The molecule has 4 heteroatoms. The second kappa shape index (κ2) is 5.99. The smallest absolute Gasteiger partial charge is 0.251 e. The fraction of sp³-hybridized carbons (Fsp3) is 0.417. The van der Waals surface area contributed by atoms with E-state index >= 15 is 0 Å². The molecule has 0 aromatic heterocycles. The van der Waals surface area contributed by atoms with Crippen molar-refractivity contribution in [2.75, 3.05) is 0 Å². The van der Waals surface area contributed by atoms with Crippen molar-refractivity contribution in [2.45, 2.75) is 31.1 Å². The summed E-state index contributed by atoms with van der Waals surface area (Å²) in [6.45, 7) is 3.94. The number of amides is 1. The van der Waals surface area contributed by atoms with Gasteiger partial charge in [-0.3, -0.25) is 4.79 Å². The predicted molar refractivity (Wildman–Crippen MR) is 66.3 cm³/mol. The Morgan fingerprint density at radius 2 is 2.19 bits per heavy atom. The summed E-state index contributed by atoms with van der Waals surface area (Å²) < 4.78 is 12.9. The van der Waals surface area contributed by atoms with Gasteiger partial charge in [-0.2, -0.15) is 0 Å². The number of benzene rings is 1. The molecule has 0 heterocycles. The SMILES string of the molecule is CC(Br)CC(C)NC(=O)c1cccc(F)c1. The molecule has 0 spiro atoms. The van der Waals surface area contributed by atoms with Crippen molar-refractivity contribution in [3.63, 3.8) is 0 Å². The van der Waals surface area contributed by atoms with Gasteiger partial charge in [0.25, 0.3) is 5.91 Å². The molecular formula is C12H15BrFNO. The number of carbonyl (C=O) groups excluding carboxylic acids is 1. The van der Waals surface area contributed by atoms with Gasteiger partial charge in [0, 0.05) is 16.4 Å². The van der Waals surface area contributed by atoms with E-state index in [0.29, 0.717) is 10.4 Å². The van der Waals surface area contributed by atoms with E-state index in [9.17, 15) is 9.18 Å². The predicted octanol–water partition coefficient (Wildman–Crippen LogP) is 3.12. The summed E-state index contributed by atoms with van der Waals surface area (Å²) >= 11 is 3.42. The van der Waals surface area contributed by atoms with E-state index in [1.165, 1.54) is 18.2 Å². The second-order valence-corrected chi connectivity index (χ2v) is 5.46. The topological polar surface area (TPSA) is 29.1 Å². The van der Waals surface area contributed by atoms with Crippen LogP contribution in [0.5, 0.6) is 0 Å². The standard InChI is InChI=1S/C12H15BrFNO/c1-8(13)6-9(2)15-12(16)10-4-3-5-11(14)7-10/h3-5,7-9H,6H2,1-2H3,(H,15,16). The molecule has 0 aliphatic rings. The minimum absolute atomic E-state index is 0.0603. The summed E-state index contributed by atoms with van der Waals surface area (Å²) in [5.74, 6) is -0.630. The molecular weight excluding hydrogens is 273 g/mol. The Kier molecular flexibility index (Phi) is 4.93. The molecule has 1 N–H and O–H groups in total. The average molecular weight is 288 g/mol. The lowest BCUT2D eigenvalue weighted by Gasteiger charge is -2.15. The highest BCUT2D eigenvalue weighted by atomic mass is 79.9. The molecule has 0 aliphatic heterocycles. The molecule has 0 saturated carbocycles. The van der Waals surface area contributed by atoms with Gasteiger partial charge in [-0.05, 0) is 31.5 Å². The van der Waals surface area contributed by atoms with Crippen LogP contribution in [0.2, 0.25) is 0 Å². The zero-order valence-corrected chi connectivity index (χ0v) is 10.9. The van der Waals surface area contributed by atoms with Crippen molar-refractivity contribution in [2.24, 2.45) is 0 Å². The number of carbonyl (C=O) groups is 1. The van der Waals surface area contributed by atoms with Gasteiger partial charge in [-0.1, -0.05) is 28.9 Å². The highest BCUT2D eigenvalue weighted by Gasteiger charge is 2.11. The molecule has 1 aromatic rings. The van der Waals surface area contributed by atoms with Crippen LogP contribution in [0.25, 0.3) is 0 Å². The molecule has 2 nitrogen and oxygen atoms in total. The van der Waals surface area contributed by atoms with Crippen LogP contribution < -0.4 is 5.32 Å². The minimum atomic E-state index is -0.394. The van der Waals surface area contributed by atoms with E-state index in [-0.39, 0.29) is 11.9 Å². The fourth-order valence-electron chi connectivity index (χ4n) is 1.48. The number of alkyl halides is 1. The van der Waals surface area contributed by atoms with Crippen LogP contribution in [-0.4, -0.2) is 16.8 Å². The van der Waals surface area contributed by atoms with Crippen molar-refractivity contribution < 1.29 is 9.18 Å². The van der Waals surface area contributed by atoms with Gasteiger partial charge in [0.05, 0.1) is 0 Å². The van der Waals surface area contributed by atoms with E-state index in [1.807, 2.05) is 13.8 Å². The number of hydrogen-bond acceptors (Lipinski definition) is 1. The van der Waals surface area contributed by atoms with Gasteiger partial charge in [-0.15, -0.1) is 0 Å². The molecule has 0 fully saturated rings. The fourth-order valence-corrected chi connectivity index (χ4v) is 2.04. The zero-order valence-electron chi connectivity index (χ0n) is 9.34. The zero-order chi connectivity index (χ0) is 12.1. The van der Waals surface area contributed by atoms with Crippen LogP contribution >= 0.6 is 15.9 Å². The van der Waals surface area contributed by atoms with Gasteiger partial charge in [-0.25, -0.2) is 4.39 Å². The minimum Gasteiger partial charge on any atom is -0.350 e. The van der Waals surface area contributed by atoms with Crippen molar-refractivity contribution in [1.82, 2.24) is 5.32 Å². The van der Waals surface area contributed by atoms with Gasteiger partial charge in [0.2, 0.25) is 0 Å². The summed E-state index contributed by atoms with van der Waals surface area (Å²) in [5, 5.41) is 2.82. The summed E-state index contributed by atoms with van der Waals surface area (Å²) in [7, 11) is 0. The van der Waals surface area contributed by atoms with Gasteiger partial charge >= 0.3 is 0 Å².